The predicted octanol–water partition coefficient (Wildman–Crippen LogP) is 2.19. The number of furan rings is 1. The number of aryl methyl sites for hydroxylation is 1. The van der Waals surface area contributed by atoms with Gasteiger partial charge in [-0.05, 0) is 32.4 Å². The van der Waals surface area contributed by atoms with Crippen molar-refractivity contribution in [3.05, 3.63) is 23.2 Å². The lowest BCUT2D eigenvalue weighted by Gasteiger charge is -2.04. The lowest BCUT2D eigenvalue weighted by Crippen LogP contribution is -2.16. The van der Waals surface area contributed by atoms with Crippen LogP contribution < -0.4 is 5.32 Å². The van der Waals surface area contributed by atoms with E-state index in [1.807, 2.05) is 0 Å². The monoisotopic (exact) mass is 255 g/mol. The minimum Gasteiger partial charge on any atom is -0.475 e. The highest BCUT2D eigenvalue weighted by molar-refractivity contribution is 5.84. The maximum atomic E-state index is 10.7. The largest absolute Gasteiger partial charge is 0.475 e. The Balaban J connectivity index is 2.21. The molecule has 1 aromatic heterocycles. The lowest BCUT2D eigenvalue weighted by molar-refractivity contribution is 0.0661. The van der Waals surface area contributed by atoms with Gasteiger partial charge in [0.2, 0.25) is 5.76 Å². The van der Waals surface area contributed by atoms with Crippen LogP contribution in [0, 0.1) is 6.92 Å². The molecular weight excluding hydrogens is 234 g/mol. The zero-order chi connectivity index (χ0) is 13.4. The van der Waals surface area contributed by atoms with E-state index in [1.165, 1.54) is 0 Å². The van der Waals surface area contributed by atoms with Gasteiger partial charge in [0.25, 0.3) is 0 Å². The molecule has 0 saturated heterocycles. The summed E-state index contributed by atoms with van der Waals surface area (Å²) in [6, 6.07) is 1.57. The van der Waals surface area contributed by atoms with Crippen molar-refractivity contribution in [2.24, 2.45) is 0 Å². The van der Waals surface area contributed by atoms with E-state index in [0.29, 0.717) is 12.3 Å². The molecule has 0 saturated carbocycles. The molecule has 102 valence electrons. The summed E-state index contributed by atoms with van der Waals surface area (Å²) in [5.41, 5.74) is 0.891. The van der Waals surface area contributed by atoms with Crippen LogP contribution in [0.25, 0.3) is 0 Å². The number of carbonyl (C=O) groups is 1. The van der Waals surface area contributed by atoms with Crippen LogP contribution in [0.15, 0.2) is 10.5 Å². The van der Waals surface area contributed by atoms with Crippen LogP contribution >= 0.6 is 0 Å². The minimum atomic E-state index is -1.03. The van der Waals surface area contributed by atoms with E-state index in [2.05, 4.69) is 12.2 Å². The van der Waals surface area contributed by atoms with Gasteiger partial charge >= 0.3 is 5.97 Å². The minimum absolute atomic E-state index is 0.00409. The molecule has 0 unspecified atom stereocenters. The highest BCUT2D eigenvalue weighted by Gasteiger charge is 2.12. The van der Waals surface area contributed by atoms with Crippen LogP contribution in [0.5, 0.6) is 0 Å². The number of carboxylic acid groups (broad SMARTS) is 1. The van der Waals surface area contributed by atoms with E-state index in [0.717, 1.165) is 38.2 Å². The van der Waals surface area contributed by atoms with Gasteiger partial charge in [0.05, 0.1) is 0 Å². The molecule has 1 rings (SSSR count). The molecule has 0 atom stereocenters. The molecule has 5 nitrogen and oxygen atoms in total. The lowest BCUT2D eigenvalue weighted by atomic mass is 10.2. The molecule has 1 aromatic rings. The number of carboxylic acids is 1. The molecule has 18 heavy (non-hydrogen) atoms. The summed E-state index contributed by atoms with van der Waals surface area (Å²) < 4.78 is 10.5. The summed E-state index contributed by atoms with van der Waals surface area (Å²) in [6.45, 7) is 6.88. The SMILES string of the molecule is CCCOCCCNCc1cc(C(=O)O)oc1C. The standard InChI is InChI=1S/C13H21NO4/c1-3-6-17-7-4-5-14-9-11-8-12(13(15)16)18-10(11)2/h8,14H,3-7,9H2,1-2H3,(H,15,16). The Morgan fingerprint density at radius 1 is 1.50 bits per heavy atom. The first kappa shape index (κ1) is 14.7. The molecule has 0 aliphatic heterocycles. The van der Waals surface area contributed by atoms with Crippen LogP contribution in [-0.2, 0) is 11.3 Å². The van der Waals surface area contributed by atoms with Crippen molar-refractivity contribution >= 4 is 5.97 Å². The topological polar surface area (TPSA) is 71.7 Å². The maximum absolute atomic E-state index is 10.7. The molecule has 1 heterocycles. The van der Waals surface area contributed by atoms with Crippen molar-refractivity contribution in [2.45, 2.75) is 33.2 Å². The highest BCUT2D eigenvalue weighted by Crippen LogP contribution is 2.14. The van der Waals surface area contributed by atoms with E-state index >= 15 is 0 Å². The third kappa shape index (κ3) is 4.89. The van der Waals surface area contributed by atoms with E-state index in [-0.39, 0.29) is 5.76 Å². The van der Waals surface area contributed by atoms with E-state index < -0.39 is 5.97 Å². The number of ether oxygens (including phenoxy) is 1. The molecule has 0 aliphatic carbocycles. The van der Waals surface area contributed by atoms with Gasteiger partial charge in [-0.2, -0.15) is 0 Å². The van der Waals surface area contributed by atoms with Gasteiger partial charge in [-0.1, -0.05) is 6.92 Å². The zero-order valence-corrected chi connectivity index (χ0v) is 11.0. The molecule has 0 fully saturated rings. The first-order valence-electron chi connectivity index (χ1n) is 6.26. The Morgan fingerprint density at radius 3 is 2.89 bits per heavy atom. The second-order valence-corrected chi connectivity index (χ2v) is 4.14. The average Bonchev–Trinajstić information content (AvgIpc) is 2.70. The predicted molar refractivity (Wildman–Crippen MR) is 67.8 cm³/mol. The fourth-order valence-corrected chi connectivity index (χ4v) is 1.57. The summed E-state index contributed by atoms with van der Waals surface area (Å²) in [5.74, 6) is -0.380. The number of nitrogens with one attached hydrogen (secondary N) is 1. The van der Waals surface area contributed by atoms with Crippen molar-refractivity contribution in [3.63, 3.8) is 0 Å². The fraction of sp³-hybridized carbons (Fsp3) is 0.615. The van der Waals surface area contributed by atoms with Crippen LogP contribution in [-0.4, -0.2) is 30.8 Å². The molecule has 5 heteroatoms. The van der Waals surface area contributed by atoms with Crippen molar-refractivity contribution < 1.29 is 19.1 Å². The van der Waals surface area contributed by atoms with Crippen molar-refractivity contribution in [3.8, 4) is 0 Å². The van der Waals surface area contributed by atoms with E-state index in [4.69, 9.17) is 14.3 Å². The smallest absolute Gasteiger partial charge is 0.371 e. The van der Waals surface area contributed by atoms with Gasteiger partial charge in [-0.25, -0.2) is 4.79 Å². The molecule has 0 amide bonds. The second kappa shape index (κ2) is 7.89. The zero-order valence-electron chi connectivity index (χ0n) is 11.0. The van der Waals surface area contributed by atoms with Gasteiger partial charge in [-0.15, -0.1) is 0 Å². The molecule has 0 bridgehead atoms. The number of hydrogen-bond acceptors (Lipinski definition) is 4. The Hall–Kier alpha value is -1.33. The first-order chi connectivity index (χ1) is 8.65. The third-order valence-corrected chi connectivity index (χ3v) is 2.54. The number of aromatic carboxylic acids is 1. The number of hydrogen-bond donors (Lipinski definition) is 2. The summed E-state index contributed by atoms with van der Waals surface area (Å²) in [7, 11) is 0. The first-order valence-corrected chi connectivity index (χ1v) is 6.26. The molecule has 0 spiro atoms. The molecule has 0 aromatic carbocycles. The van der Waals surface area contributed by atoms with E-state index in [9.17, 15) is 4.79 Å². The van der Waals surface area contributed by atoms with Crippen molar-refractivity contribution in [2.75, 3.05) is 19.8 Å². The summed E-state index contributed by atoms with van der Waals surface area (Å²) in [5, 5.41) is 12.0. The van der Waals surface area contributed by atoms with Gasteiger partial charge in [-0.3, -0.25) is 0 Å². The molecule has 0 radical (unpaired) electrons. The summed E-state index contributed by atoms with van der Waals surface area (Å²) in [6.07, 6.45) is 1.99. The van der Waals surface area contributed by atoms with Gasteiger partial charge in [0, 0.05) is 25.3 Å². The summed E-state index contributed by atoms with van der Waals surface area (Å²) >= 11 is 0. The second-order valence-electron chi connectivity index (χ2n) is 4.14. The van der Waals surface area contributed by atoms with Crippen LogP contribution in [0.3, 0.4) is 0 Å². The van der Waals surface area contributed by atoms with Gasteiger partial charge < -0.3 is 19.6 Å². The Labute approximate surface area is 107 Å². The third-order valence-electron chi connectivity index (χ3n) is 2.54. The maximum Gasteiger partial charge on any atom is 0.371 e. The quantitative estimate of drug-likeness (QED) is 0.662. The average molecular weight is 255 g/mol. The Bertz CT molecular complexity index is 373. The molecule has 2 N–H and O–H groups in total. The van der Waals surface area contributed by atoms with Crippen LogP contribution in [0.2, 0.25) is 0 Å². The van der Waals surface area contributed by atoms with Gasteiger partial charge in [0.15, 0.2) is 0 Å². The Kier molecular flexibility index (Phi) is 6.46. The van der Waals surface area contributed by atoms with Crippen LogP contribution in [0.4, 0.5) is 0 Å². The normalized spacial score (nSPS) is 10.8. The molecular formula is C13H21NO4. The fourth-order valence-electron chi connectivity index (χ4n) is 1.57. The molecule has 0 aliphatic rings. The van der Waals surface area contributed by atoms with Crippen LogP contribution in [0.1, 0.15) is 41.6 Å². The Morgan fingerprint density at radius 2 is 2.28 bits per heavy atom. The highest BCUT2D eigenvalue weighted by atomic mass is 16.5. The van der Waals surface area contributed by atoms with E-state index in [1.54, 1.807) is 13.0 Å². The van der Waals surface area contributed by atoms with Crippen molar-refractivity contribution in [1.29, 1.82) is 0 Å². The van der Waals surface area contributed by atoms with Gasteiger partial charge in [0.1, 0.15) is 5.76 Å². The number of rotatable bonds is 9. The van der Waals surface area contributed by atoms with Crippen molar-refractivity contribution in [1.82, 2.24) is 5.32 Å². The summed E-state index contributed by atoms with van der Waals surface area (Å²) in [4.78, 5) is 10.7.